The van der Waals surface area contributed by atoms with Crippen LogP contribution in [0.3, 0.4) is 0 Å². The van der Waals surface area contributed by atoms with E-state index >= 15 is 0 Å². The van der Waals surface area contributed by atoms with Crippen LogP contribution in [0.15, 0.2) is 17.0 Å². The Morgan fingerprint density at radius 2 is 2.23 bits per heavy atom. The maximum absolute atomic E-state index is 2.45. The van der Waals surface area contributed by atoms with Crippen LogP contribution in [0.25, 0.3) is 0 Å². The molecule has 2 atom stereocenters. The van der Waals surface area contributed by atoms with Gasteiger partial charge in [0.15, 0.2) is 0 Å². The molecule has 0 bridgehead atoms. The summed E-state index contributed by atoms with van der Waals surface area (Å²) in [6, 6.07) is 2.39. The van der Waals surface area contributed by atoms with E-state index < -0.39 is 0 Å². The molecular formula is C11H12S2. The van der Waals surface area contributed by atoms with E-state index in [1.165, 1.54) is 16.2 Å². The van der Waals surface area contributed by atoms with Gasteiger partial charge in [0.1, 0.15) is 0 Å². The number of hydrogen-bond donors (Lipinski definition) is 0. The molecule has 1 aromatic rings. The summed E-state index contributed by atoms with van der Waals surface area (Å²) >= 11 is 4.06. The zero-order chi connectivity index (χ0) is 9.00. The van der Waals surface area contributed by atoms with E-state index in [4.69, 9.17) is 0 Å². The number of thiophene rings is 1. The molecule has 2 heterocycles. The minimum atomic E-state index is 0.741. The van der Waals surface area contributed by atoms with Gasteiger partial charge in [0.2, 0.25) is 0 Å². The van der Waals surface area contributed by atoms with Crippen LogP contribution in [0.2, 0.25) is 0 Å². The number of fused-ring (bicyclic) bond motifs is 3. The van der Waals surface area contributed by atoms with Gasteiger partial charge in [-0.1, -0.05) is 6.08 Å². The molecule has 1 aromatic heterocycles. The quantitative estimate of drug-likeness (QED) is 0.626. The highest BCUT2D eigenvalue weighted by Crippen LogP contribution is 2.51. The van der Waals surface area contributed by atoms with Crippen molar-refractivity contribution in [2.45, 2.75) is 31.4 Å². The van der Waals surface area contributed by atoms with Gasteiger partial charge >= 0.3 is 0 Å². The van der Waals surface area contributed by atoms with Crippen LogP contribution in [0.1, 0.15) is 28.2 Å². The van der Waals surface area contributed by atoms with Gasteiger partial charge in [0, 0.05) is 20.9 Å². The molecule has 68 valence electrons. The molecule has 0 aromatic carbocycles. The average molecular weight is 208 g/mol. The first-order valence-electron chi connectivity index (χ1n) is 4.68. The molecule has 0 amide bonds. The molecule has 2 unspecified atom stereocenters. The summed E-state index contributed by atoms with van der Waals surface area (Å²) < 4.78 is 0. The molecule has 2 aliphatic rings. The maximum Gasteiger partial charge on any atom is 0.0243 e. The smallest absolute Gasteiger partial charge is 0.0243 e. The summed E-state index contributed by atoms with van der Waals surface area (Å²) in [6.45, 7) is 4.46. The van der Waals surface area contributed by atoms with E-state index in [1.54, 1.807) is 10.4 Å². The van der Waals surface area contributed by atoms with Crippen molar-refractivity contribution >= 4 is 23.1 Å². The molecular weight excluding hydrogens is 196 g/mol. The van der Waals surface area contributed by atoms with Gasteiger partial charge in [-0.25, -0.2) is 0 Å². The van der Waals surface area contributed by atoms with Crippen molar-refractivity contribution in [3.05, 3.63) is 32.4 Å². The molecule has 2 heteroatoms. The molecule has 0 nitrogen and oxygen atoms in total. The molecule has 0 fully saturated rings. The van der Waals surface area contributed by atoms with E-state index in [1.807, 2.05) is 11.3 Å². The Kier molecular flexibility index (Phi) is 1.65. The molecule has 0 saturated carbocycles. The highest BCUT2D eigenvalue weighted by atomic mass is 32.2. The molecule has 0 spiro atoms. The first kappa shape index (κ1) is 8.13. The Morgan fingerprint density at radius 3 is 3.08 bits per heavy atom. The van der Waals surface area contributed by atoms with Gasteiger partial charge in [-0.2, -0.15) is 0 Å². The minimum Gasteiger partial charge on any atom is -0.145 e. The summed E-state index contributed by atoms with van der Waals surface area (Å²) in [5.74, 6) is 0.741. The lowest BCUT2D eigenvalue weighted by Gasteiger charge is -2.06. The highest BCUT2D eigenvalue weighted by Gasteiger charge is 2.36. The van der Waals surface area contributed by atoms with Crippen LogP contribution in [-0.4, -0.2) is 5.25 Å². The maximum atomic E-state index is 2.45. The standard InChI is InChI=1S/C11H12S2/c1-6-3-8-9-4-7(2)13-11(9)5-10(8)12-6/h3-4,8,10H,5H2,1-2H3. The number of hydrogen-bond acceptors (Lipinski definition) is 2. The third-order valence-corrected chi connectivity index (χ3v) is 5.22. The van der Waals surface area contributed by atoms with Crippen LogP contribution < -0.4 is 0 Å². The van der Waals surface area contributed by atoms with Crippen molar-refractivity contribution in [2.24, 2.45) is 0 Å². The van der Waals surface area contributed by atoms with Crippen LogP contribution >= 0.6 is 23.1 Å². The van der Waals surface area contributed by atoms with Gasteiger partial charge in [0.25, 0.3) is 0 Å². The topological polar surface area (TPSA) is 0 Å². The van der Waals surface area contributed by atoms with Gasteiger partial charge in [-0.3, -0.25) is 0 Å². The van der Waals surface area contributed by atoms with Gasteiger partial charge in [-0.05, 0) is 36.8 Å². The SMILES string of the molecule is CC1=CC2c3cc(C)sc3CC2S1. The van der Waals surface area contributed by atoms with E-state index in [2.05, 4.69) is 37.8 Å². The van der Waals surface area contributed by atoms with E-state index in [0.29, 0.717) is 0 Å². The van der Waals surface area contributed by atoms with E-state index in [9.17, 15) is 0 Å². The zero-order valence-corrected chi connectivity index (χ0v) is 9.47. The lowest BCUT2D eigenvalue weighted by atomic mass is 10.0. The van der Waals surface area contributed by atoms with Crippen LogP contribution in [-0.2, 0) is 6.42 Å². The molecule has 3 rings (SSSR count). The van der Waals surface area contributed by atoms with E-state index in [-0.39, 0.29) is 0 Å². The molecule has 0 saturated heterocycles. The number of thioether (sulfide) groups is 1. The highest BCUT2D eigenvalue weighted by molar-refractivity contribution is 8.04. The minimum absolute atomic E-state index is 0.741. The Labute approximate surface area is 87.0 Å². The van der Waals surface area contributed by atoms with Crippen LogP contribution in [0.5, 0.6) is 0 Å². The zero-order valence-electron chi connectivity index (χ0n) is 7.83. The second-order valence-electron chi connectivity index (χ2n) is 3.90. The molecule has 0 N–H and O–H groups in total. The van der Waals surface area contributed by atoms with Crippen molar-refractivity contribution in [3.63, 3.8) is 0 Å². The Hall–Kier alpha value is -0.210. The normalized spacial score (nSPS) is 30.2. The predicted octanol–water partition coefficient (Wildman–Crippen LogP) is 3.72. The first-order valence-corrected chi connectivity index (χ1v) is 6.38. The Morgan fingerprint density at radius 1 is 1.38 bits per heavy atom. The lowest BCUT2D eigenvalue weighted by Crippen LogP contribution is -2.02. The second kappa shape index (κ2) is 2.64. The summed E-state index contributed by atoms with van der Waals surface area (Å²) in [7, 11) is 0. The van der Waals surface area contributed by atoms with Crippen LogP contribution in [0, 0.1) is 6.92 Å². The largest absolute Gasteiger partial charge is 0.145 e. The van der Waals surface area contributed by atoms with Crippen molar-refractivity contribution < 1.29 is 0 Å². The summed E-state index contributed by atoms with van der Waals surface area (Å²) in [5.41, 5.74) is 1.62. The average Bonchev–Trinajstić information content (AvgIpc) is 2.60. The molecule has 1 aliphatic heterocycles. The van der Waals surface area contributed by atoms with Crippen molar-refractivity contribution in [2.75, 3.05) is 0 Å². The molecule has 13 heavy (non-hydrogen) atoms. The third kappa shape index (κ3) is 1.12. The monoisotopic (exact) mass is 208 g/mol. The van der Waals surface area contributed by atoms with Crippen molar-refractivity contribution in [3.8, 4) is 0 Å². The Balaban J connectivity index is 2.08. The summed E-state index contributed by atoms with van der Waals surface area (Å²) in [4.78, 5) is 4.64. The molecule has 0 radical (unpaired) electrons. The first-order chi connectivity index (χ1) is 6.24. The summed E-state index contributed by atoms with van der Waals surface area (Å²) in [6.07, 6.45) is 3.75. The van der Waals surface area contributed by atoms with E-state index in [0.717, 1.165) is 11.2 Å². The second-order valence-corrected chi connectivity index (χ2v) is 6.73. The summed E-state index contributed by atoms with van der Waals surface area (Å²) in [5, 5.41) is 0.835. The van der Waals surface area contributed by atoms with Gasteiger partial charge < -0.3 is 0 Å². The number of aryl methyl sites for hydroxylation is 1. The fourth-order valence-electron chi connectivity index (χ4n) is 2.38. The number of allylic oxidation sites excluding steroid dienone is 2. The fraction of sp³-hybridized carbons (Fsp3) is 0.455. The van der Waals surface area contributed by atoms with Crippen molar-refractivity contribution in [1.29, 1.82) is 0 Å². The van der Waals surface area contributed by atoms with Gasteiger partial charge in [-0.15, -0.1) is 23.1 Å². The van der Waals surface area contributed by atoms with Crippen molar-refractivity contribution in [1.82, 2.24) is 0 Å². The Bertz CT molecular complexity index is 387. The van der Waals surface area contributed by atoms with Gasteiger partial charge in [0.05, 0.1) is 0 Å². The van der Waals surface area contributed by atoms with Crippen LogP contribution in [0.4, 0.5) is 0 Å². The molecule has 1 aliphatic carbocycles. The lowest BCUT2D eigenvalue weighted by molar-refractivity contribution is 0.851. The third-order valence-electron chi connectivity index (χ3n) is 2.86. The fourth-order valence-corrected chi connectivity index (χ4v) is 4.96. The predicted molar refractivity (Wildman–Crippen MR) is 60.6 cm³/mol. The number of rotatable bonds is 0.